The Morgan fingerprint density at radius 1 is 1.29 bits per heavy atom. The van der Waals surface area contributed by atoms with Gasteiger partial charge >= 0.3 is 6.18 Å². The smallest absolute Gasteiger partial charge is 0.429 e. The first kappa shape index (κ1) is 15.4. The molecule has 24 heavy (non-hydrogen) atoms. The summed E-state index contributed by atoms with van der Waals surface area (Å²) in [5.74, 6) is 0.735. The number of fused-ring (bicyclic) bond motifs is 3. The minimum Gasteiger partial charge on any atom is -0.451 e. The highest BCUT2D eigenvalue weighted by molar-refractivity contribution is 6.10. The number of alkyl halides is 3. The second kappa shape index (κ2) is 5.43. The van der Waals surface area contributed by atoms with Gasteiger partial charge in [-0.15, -0.1) is 0 Å². The van der Waals surface area contributed by atoms with Crippen LogP contribution in [0.2, 0.25) is 0 Å². The fourth-order valence-electron chi connectivity index (χ4n) is 3.32. The lowest BCUT2D eigenvalue weighted by Gasteiger charge is -2.28. The van der Waals surface area contributed by atoms with Gasteiger partial charge in [-0.3, -0.25) is 0 Å². The van der Waals surface area contributed by atoms with E-state index in [4.69, 9.17) is 4.42 Å². The summed E-state index contributed by atoms with van der Waals surface area (Å²) in [4.78, 5) is 5.82. The van der Waals surface area contributed by atoms with Crippen molar-refractivity contribution >= 4 is 22.5 Å². The molecule has 2 aliphatic rings. The second-order valence-electron chi connectivity index (χ2n) is 6.23. The van der Waals surface area contributed by atoms with E-state index in [2.05, 4.69) is 10.3 Å². The van der Waals surface area contributed by atoms with E-state index in [0.717, 1.165) is 24.8 Å². The maximum Gasteiger partial charge on any atom is 0.429 e. The molecule has 1 atom stereocenters. The van der Waals surface area contributed by atoms with Crippen LogP contribution < -0.4 is 5.32 Å². The van der Waals surface area contributed by atoms with E-state index in [-0.39, 0.29) is 0 Å². The number of aryl methyl sites for hydroxylation is 1. The van der Waals surface area contributed by atoms with Crippen molar-refractivity contribution < 1.29 is 17.6 Å². The molecular formula is C17H18F3N3O. The molecule has 1 unspecified atom stereocenters. The van der Waals surface area contributed by atoms with Crippen molar-refractivity contribution in [2.45, 2.75) is 38.5 Å². The molecule has 128 valence electrons. The average molecular weight is 337 g/mol. The Hall–Kier alpha value is -2.18. The van der Waals surface area contributed by atoms with Crippen LogP contribution in [0.1, 0.15) is 31.1 Å². The largest absolute Gasteiger partial charge is 0.451 e. The molecule has 2 aliphatic heterocycles. The third-order valence-electron chi connectivity index (χ3n) is 4.61. The molecule has 0 bridgehead atoms. The highest BCUT2D eigenvalue weighted by Crippen LogP contribution is 2.39. The van der Waals surface area contributed by atoms with Crippen molar-refractivity contribution in [3.63, 3.8) is 0 Å². The first-order chi connectivity index (χ1) is 11.5. The predicted octanol–water partition coefficient (Wildman–Crippen LogP) is 4.15. The Morgan fingerprint density at radius 3 is 2.71 bits per heavy atom. The second-order valence-corrected chi connectivity index (χ2v) is 6.23. The maximum absolute atomic E-state index is 13.3. The SMILES string of the molecule is CCc1ccc2c3c(oc2c1)C(N1CCCC1)=NC(C(F)(F)F)N3. The third-order valence-corrected chi connectivity index (χ3v) is 4.61. The van der Waals surface area contributed by atoms with E-state index in [1.165, 1.54) is 0 Å². The van der Waals surface area contributed by atoms with Crippen LogP contribution in [0.4, 0.5) is 18.9 Å². The Kier molecular flexibility index (Phi) is 3.47. The number of aliphatic imine (C=N–C) groups is 1. The van der Waals surface area contributed by atoms with Gasteiger partial charge in [0.25, 0.3) is 0 Å². The number of halogens is 3. The highest BCUT2D eigenvalue weighted by Gasteiger charge is 2.44. The topological polar surface area (TPSA) is 40.8 Å². The van der Waals surface area contributed by atoms with E-state index >= 15 is 0 Å². The normalized spacial score (nSPS) is 20.9. The van der Waals surface area contributed by atoms with Crippen molar-refractivity contribution in [1.29, 1.82) is 0 Å². The lowest BCUT2D eigenvalue weighted by molar-refractivity contribution is -0.140. The fourth-order valence-corrected chi connectivity index (χ4v) is 3.32. The lowest BCUT2D eigenvalue weighted by atomic mass is 10.1. The lowest BCUT2D eigenvalue weighted by Crippen LogP contribution is -2.42. The molecule has 0 aliphatic carbocycles. The molecule has 1 saturated heterocycles. The van der Waals surface area contributed by atoms with Gasteiger partial charge in [-0.05, 0) is 37.0 Å². The minimum atomic E-state index is -4.45. The predicted molar refractivity (Wildman–Crippen MR) is 86.4 cm³/mol. The summed E-state index contributed by atoms with van der Waals surface area (Å²) in [6.07, 6.45) is -3.63. The van der Waals surface area contributed by atoms with Gasteiger partial charge in [0.15, 0.2) is 11.6 Å². The monoisotopic (exact) mass is 337 g/mol. The van der Waals surface area contributed by atoms with Crippen molar-refractivity contribution in [2.24, 2.45) is 4.99 Å². The summed E-state index contributed by atoms with van der Waals surface area (Å²) in [6.45, 7) is 3.44. The fraction of sp³-hybridized carbons (Fsp3) is 0.471. The van der Waals surface area contributed by atoms with Gasteiger partial charge in [0, 0.05) is 18.5 Å². The zero-order chi connectivity index (χ0) is 16.9. The van der Waals surface area contributed by atoms with Crippen LogP contribution in [0.5, 0.6) is 0 Å². The molecule has 1 aromatic heterocycles. The Morgan fingerprint density at radius 2 is 2.04 bits per heavy atom. The molecule has 3 heterocycles. The highest BCUT2D eigenvalue weighted by atomic mass is 19.4. The number of hydrogen-bond acceptors (Lipinski definition) is 4. The van der Waals surface area contributed by atoms with Crippen LogP contribution >= 0.6 is 0 Å². The minimum absolute atomic E-state index is 0.317. The van der Waals surface area contributed by atoms with Crippen LogP contribution in [0.3, 0.4) is 0 Å². The van der Waals surface area contributed by atoms with E-state index in [1.54, 1.807) is 0 Å². The Balaban J connectivity index is 1.87. The number of nitrogens with one attached hydrogen (secondary N) is 1. The van der Waals surface area contributed by atoms with E-state index in [1.807, 2.05) is 30.0 Å². The average Bonchev–Trinajstić information content (AvgIpc) is 3.19. The number of likely N-dealkylation sites (tertiary alicyclic amines) is 1. The van der Waals surface area contributed by atoms with Crippen LogP contribution in [0, 0.1) is 0 Å². The molecule has 2 aromatic rings. The molecule has 4 rings (SSSR count). The summed E-state index contributed by atoms with van der Waals surface area (Å²) in [5.41, 5.74) is 2.08. The molecule has 0 saturated carbocycles. The van der Waals surface area contributed by atoms with Crippen molar-refractivity contribution in [3.05, 3.63) is 29.5 Å². The molecule has 0 amide bonds. The van der Waals surface area contributed by atoms with Gasteiger partial charge in [-0.1, -0.05) is 13.0 Å². The van der Waals surface area contributed by atoms with E-state index in [9.17, 15) is 13.2 Å². The summed E-state index contributed by atoms with van der Waals surface area (Å²) in [7, 11) is 0. The molecule has 0 radical (unpaired) electrons. The van der Waals surface area contributed by atoms with Crippen LogP contribution in [0.25, 0.3) is 11.0 Å². The molecular weight excluding hydrogens is 319 g/mol. The first-order valence-corrected chi connectivity index (χ1v) is 8.19. The number of furan rings is 1. The van der Waals surface area contributed by atoms with Gasteiger partial charge in [-0.25, -0.2) is 4.99 Å². The third kappa shape index (κ3) is 2.42. The summed E-state index contributed by atoms with van der Waals surface area (Å²) in [6, 6.07) is 5.63. The number of hydrogen-bond donors (Lipinski definition) is 1. The van der Waals surface area contributed by atoms with Crippen LogP contribution in [-0.2, 0) is 6.42 Å². The first-order valence-electron chi connectivity index (χ1n) is 8.19. The molecule has 1 N–H and O–H groups in total. The van der Waals surface area contributed by atoms with Gasteiger partial charge in [0.1, 0.15) is 5.58 Å². The number of rotatable bonds is 1. The number of amidine groups is 1. The van der Waals surface area contributed by atoms with E-state index in [0.29, 0.717) is 41.3 Å². The van der Waals surface area contributed by atoms with Crippen LogP contribution in [-0.4, -0.2) is 36.2 Å². The summed E-state index contributed by atoms with van der Waals surface area (Å²) < 4.78 is 45.8. The molecule has 0 spiro atoms. The molecule has 1 fully saturated rings. The Labute approximate surface area is 137 Å². The maximum atomic E-state index is 13.3. The van der Waals surface area contributed by atoms with Crippen molar-refractivity contribution in [1.82, 2.24) is 4.90 Å². The zero-order valence-corrected chi connectivity index (χ0v) is 13.3. The summed E-state index contributed by atoms with van der Waals surface area (Å²) >= 11 is 0. The summed E-state index contributed by atoms with van der Waals surface area (Å²) in [5, 5.41) is 3.19. The molecule has 7 heteroatoms. The van der Waals surface area contributed by atoms with Crippen molar-refractivity contribution in [2.75, 3.05) is 18.4 Å². The Bertz CT molecular complexity index is 803. The van der Waals surface area contributed by atoms with Gasteiger partial charge in [-0.2, -0.15) is 13.2 Å². The van der Waals surface area contributed by atoms with E-state index < -0.39 is 12.3 Å². The van der Waals surface area contributed by atoms with Gasteiger partial charge < -0.3 is 14.6 Å². The zero-order valence-electron chi connectivity index (χ0n) is 13.3. The number of nitrogens with zero attached hydrogens (tertiary/aromatic N) is 2. The quantitative estimate of drug-likeness (QED) is 0.850. The molecule has 1 aromatic carbocycles. The number of anilines is 1. The van der Waals surface area contributed by atoms with Crippen LogP contribution in [0.15, 0.2) is 27.6 Å². The number of benzene rings is 1. The standard InChI is InChI=1S/C17H18F3N3O/c1-2-10-5-6-11-12(9-10)24-14-13(11)21-16(17(18,19)20)22-15(14)23-7-3-4-8-23/h5-6,9,16,21H,2-4,7-8H2,1H3. The molecule has 4 nitrogen and oxygen atoms in total. The van der Waals surface area contributed by atoms with Gasteiger partial charge in [0.2, 0.25) is 6.17 Å². The van der Waals surface area contributed by atoms with Crippen molar-refractivity contribution in [3.8, 4) is 0 Å². The van der Waals surface area contributed by atoms with Gasteiger partial charge in [0.05, 0.1) is 5.69 Å².